The Morgan fingerprint density at radius 1 is 1.53 bits per heavy atom. The van der Waals surface area contributed by atoms with Gasteiger partial charge >= 0.3 is 0 Å². The third-order valence-corrected chi connectivity index (χ3v) is 2.45. The van der Waals surface area contributed by atoms with Crippen molar-refractivity contribution in [2.45, 2.75) is 19.5 Å². The Balaban J connectivity index is 2.25. The molecule has 0 aliphatic rings. The minimum absolute atomic E-state index is 0.0354. The lowest BCUT2D eigenvalue weighted by molar-refractivity contribution is 0.636. The van der Waals surface area contributed by atoms with Crippen LogP contribution in [0.3, 0.4) is 0 Å². The van der Waals surface area contributed by atoms with E-state index < -0.39 is 0 Å². The van der Waals surface area contributed by atoms with Gasteiger partial charge in [0.05, 0.1) is 6.54 Å². The van der Waals surface area contributed by atoms with Gasteiger partial charge in [0.25, 0.3) is 0 Å². The van der Waals surface area contributed by atoms with Crippen molar-refractivity contribution >= 4 is 0 Å². The van der Waals surface area contributed by atoms with Gasteiger partial charge in [-0.25, -0.2) is 0 Å². The third-order valence-electron chi connectivity index (χ3n) is 2.45. The lowest BCUT2D eigenvalue weighted by atomic mass is 10.2. The van der Waals surface area contributed by atoms with E-state index in [-0.39, 0.29) is 6.04 Å². The van der Waals surface area contributed by atoms with Crippen molar-refractivity contribution in [1.29, 1.82) is 0 Å². The average Bonchev–Trinajstić information content (AvgIpc) is 2.77. The molecule has 1 unspecified atom stereocenters. The highest BCUT2D eigenvalue weighted by Crippen LogP contribution is 2.11. The lowest BCUT2D eigenvalue weighted by Gasteiger charge is -2.11. The maximum atomic E-state index is 5.86. The number of rotatable bonds is 3. The van der Waals surface area contributed by atoms with Gasteiger partial charge in [0.2, 0.25) is 0 Å². The molecular weight excluding hydrogens is 190 g/mol. The Morgan fingerprint density at radius 3 is 2.93 bits per heavy atom. The zero-order valence-electron chi connectivity index (χ0n) is 8.96. The molecule has 0 saturated heterocycles. The van der Waals surface area contributed by atoms with E-state index in [0.717, 1.165) is 11.5 Å². The fourth-order valence-corrected chi connectivity index (χ4v) is 1.59. The Labute approximate surface area is 88.5 Å². The second-order valence-corrected chi connectivity index (χ2v) is 3.71. The maximum absolute atomic E-state index is 5.86. The summed E-state index contributed by atoms with van der Waals surface area (Å²) in [5.74, 6) is 0.924. The van der Waals surface area contributed by atoms with E-state index in [0.29, 0.717) is 6.54 Å². The largest absolute Gasteiger partial charge is 0.342 e. The molecule has 0 aromatic carbocycles. The molecule has 80 valence electrons. The molecule has 15 heavy (non-hydrogen) atoms. The van der Waals surface area contributed by atoms with Crippen molar-refractivity contribution < 1.29 is 0 Å². The normalized spacial score (nSPS) is 13.0. The Morgan fingerprint density at radius 2 is 2.33 bits per heavy atom. The van der Waals surface area contributed by atoms with Gasteiger partial charge in [-0.15, -0.1) is 10.2 Å². The lowest BCUT2D eigenvalue weighted by Crippen LogP contribution is -2.14. The third kappa shape index (κ3) is 1.92. The van der Waals surface area contributed by atoms with Gasteiger partial charge in [-0.1, -0.05) is 0 Å². The van der Waals surface area contributed by atoms with Crippen LogP contribution in [0.1, 0.15) is 24.5 Å². The van der Waals surface area contributed by atoms with Crippen molar-refractivity contribution in [3.8, 4) is 0 Å². The molecule has 0 spiro atoms. The predicted molar refractivity (Wildman–Crippen MR) is 57.1 cm³/mol. The smallest absolute Gasteiger partial charge is 0.152 e. The molecule has 0 amide bonds. The SMILES string of the molecule is CC(N)c1cccn1Cc1nncn1C. The Bertz CT molecular complexity index is 440. The van der Waals surface area contributed by atoms with Crippen LogP contribution in [0.4, 0.5) is 0 Å². The molecule has 2 heterocycles. The maximum Gasteiger partial charge on any atom is 0.152 e. The van der Waals surface area contributed by atoms with Crippen molar-refractivity contribution in [3.63, 3.8) is 0 Å². The van der Waals surface area contributed by atoms with Gasteiger partial charge in [-0.2, -0.15) is 0 Å². The van der Waals surface area contributed by atoms with Gasteiger partial charge in [-0.05, 0) is 19.1 Å². The van der Waals surface area contributed by atoms with E-state index >= 15 is 0 Å². The number of nitrogens with two attached hydrogens (primary N) is 1. The van der Waals surface area contributed by atoms with Gasteiger partial charge in [0.15, 0.2) is 5.82 Å². The minimum atomic E-state index is 0.0354. The molecular formula is C10H15N5. The molecule has 0 fully saturated rings. The van der Waals surface area contributed by atoms with Crippen molar-refractivity contribution in [2.75, 3.05) is 0 Å². The molecule has 0 aliphatic carbocycles. The van der Waals surface area contributed by atoms with Crippen LogP contribution < -0.4 is 5.73 Å². The van der Waals surface area contributed by atoms with E-state index in [4.69, 9.17) is 5.73 Å². The summed E-state index contributed by atoms with van der Waals surface area (Å²) in [5, 5.41) is 7.89. The summed E-state index contributed by atoms with van der Waals surface area (Å²) in [5.41, 5.74) is 6.97. The van der Waals surface area contributed by atoms with Crippen LogP contribution in [-0.2, 0) is 13.6 Å². The molecule has 2 rings (SSSR count). The summed E-state index contributed by atoms with van der Waals surface area (Å²) >= 11 is 0. The van der Waals surface area contributed by atoms with Gasteiger partial charge < -0.3 is 14.9 Å². The summed E-state index contributed by atoms with van der Waals surface area (Å²) < 4.78 is 4.00. The number of aromatic nitrogens is 4. The molecule has 0 radical (unpaired) electrons. The topological polar surface area (TPSA) is 61.7 Å². The van der Waals surface area contributed by atoms with Gasteiger partial charge in [0.1, 0.15) is 6.33 Å². The van der Waals surface area contributed by atoms with Crippen LogP contribution in [0.25, 0.3) is 0 Å². The first kappa shape index (κ1) is 9.92. The summed E-state index contributed by atoms with van der Waals surface area (Å²) in [6, 6.07) is 4.06. The van der Waals surface area contributed by atoms with Crippen LogP contribution in [0.15, 0.2) is 24.7 Å². The monoisotopic (exact) mass is 205 g/mol. The Kier molecular flexibility index (Phi) is 2.55. The zero-order chi connectivity index (χ0) is 10.8. The van der Waals surface area contributed by atoms with Crippen LogP contribution >= 0.6 is 0 Å². The number of hydrogen-bond acceptors (Lipinski definition) is 3. The summed E-state index contributed by atoms with van der Waals surface area (Å²) in [4.78, 5) is 0. The van der Waals surface area contributed by atoms with E-state index in [1.165, 1.54) is 0 Å². The molecule has 0 bridgehead atoms. The predicted octanol–water partition coefficient (Wildman–Crippen LogP) is 0.685. The molecule has 2 aromatic rings. The highest BCUT2D eigenvalue weighted by atomic mass is 15.3. The van der Waals surface area contributed by atoms with Crippen LogP contribution in [0.5, 0.6) is 0 Å². The molecule has 2 N–H and O–H groups in total. The van der Waals surface area contributed by atoms with Gasteiger partial charge in [0, 0.05) is 25.0 Å². The first-order chi connectivity index (χ1) is 7.18. The highest BCUT2D eigenvalue weighted by Gasteiger charge is 2.08. The quantitative estimate of drug-likeness (QED) is 0.801. The van der Waals surface area contributed by atoms with Crippen LogP contribution in [-0.4, -0.2) is 19.3 Å². The number of aryl methyl sites for hydroxylation is 1. The Hall–Kier alpha value is -1.62. The summed E-state index contributed by atoms with van der Waals surface area (Å²) in [6.07, 6.45) is 3.71. The molecule has 5 nitrogen and oxygen atoms in total. The molecule has 5 heteroatoms. The van der Waals surface area contributed by atoms with Crippen molar-refractivity contribution in [2.24, 2.45) is 12.8 Å². The summed E-state index contributed by atoms with van der Waals surface area (Å²) in [6.45, 7) is 2.68. The summed E-state index contributed by atoms with van der Waals surface area (Å²) in [7, 11) is 1.93. The fourth-order valence-electron chi connectivity index (χ4n) is 1.59. The molecule has 0 aliphatic heterocycles. The first-order valence-corrected chi connectivity index (χ1v) is 4.92. The molecule has 1 atom stereocenters. The van der Waals surface area contributed by atoms with Crippen LogP contribution in [0, 0.1) is 0 Å². The molecule has 0 saturated carbocycles. The van der Waals surface area contributed by atoms with Crippen molar-refractivity contribution in [3.05, 3.63) is 36.2 Å². The highest BCUT2D eigenvalue weighted by molar-refractivity contribution is 5.12. The fraction of sp³-hybridized carbons (Fsp3) is 0.400. The van der Waals surface area contributed by atoms with Gasteiger partial charge in [-0.3, -0.25) is 0 Å². The number of hydrogen-bond donors (Lipinski definition) is 1. The van der Waals surface area contributed by atoms with E-state index in [9.17, 15) is 0 Å². The minimum Gasteiger partial charge on any atom is -0.342 e. The first-order valence-electron chi connectivity index (χ1n) is 4.92. The zero-order valence-corrected chi connectivity index (χ0v) is 8.96. The van der Waals surface area contributed by atoms with E-state index in [2.05, 4.69) is 14.8 Å². The van der Waals surface area contributed by atoms with E-state index in [1.807, 2.05) is 36.9 Å². The average molecular weight is 205 g/mol. The second-order valence-electron chi connectivity index (χ2n) is 3.71. The second kappa shape index (κ2) is 3.86. The standard InChI is InChI=1S/C10H15N5/c1-8(11)9-4-3-5-15(9)6-10-13-12-7-14(10)2/h3-5,7-8H,6,11H2,1-2H3. The van der Waals surface area contributed by atoms with Crippen molar-refractivity contribution in [1.82, 2.24) is 19.3 Å². The van der Waals surface area contributed by atoms with E-state index in [1.54, 1.807) is 6.33 Å². The van der Waals surface area contributed by atoms with Crippen LogP contribution in [0.2, 0.25) is 0 Å². The molecule has 2 aromatic heterocycles. The number of nitrogens with zero attached hydrogens (tertiary/aromatic N) is 4.